The number of sulfonamides is 1. The summed E-state index contributed by atoms with van der Waals surface area (Å²) < 4.78 is 26.5. The highest BCUT2D eigenvalue weighted by Crippen LogP contribution is 2.22. The first-order valence-corrected chi connectivity index (χ1v) is 7.67. The number of aryl methyl sites for hydroxylation is 1. The fraction of sp³-hybridized carbons (Fsp3) is 0.571. The van der Waals surface area contributed by atoms with Crippen molar-refractivity contribution in [3.8, 4) is 0 Å². The predicted molar refractivity (Wildman–Crippen MR) is 75.1 cm³/mol. The number of rotatable bonds is 4. The first-order valence-electron chi connectivity index (χ1n) is 6.23. The number of nitrogens with zero attached hydrogens (tertiary/aromatic N) is 1. The van der Waals surface area contributed by atoms with Crippen LogP contribution in [0.5, 0.6) is 0 Å². The molecule has 0 unspecified atom stereocenters. The Morgan fingerprint density at radius 2 is 1.61 bits per heavy atom. The third-order valence-electron chi connectivity index (χ3n) is 2.66. The smallest absolute Gasteiger partial charge is 0.207 e. The quantitative estimate of drug-likeness (QED) is 0.842. The Morgan fingerprint density at radius 1 is 1.11 bits per heavy atom. The summed E-state index contributed by atoms with van der Waals surface area (Å²) in [4.78, 5) is 0.374. The van der Waals surface area contributed by atoms with E-state index in [0.717, 1.165) is 5.56 Å². The van der Waals surface area contributed by atoms with Crippen LogP contribution < -0.4 is 0 Å². The summed E-state index contributed by atoms with van der Waals surface area (Å²) in [5.41, 5.74) is 1.01. The first-order chi connectivity index (χ1) is 8.16. The van der Waals surface area contributed by atoms with Crippen molar-refractivity contribution < 1.29 is 8.42 Å². The molecule has 0 heterocycles. The van der Waals surface area contributed by atoms with E-state index in [0.29, 0.717) is 18.0 Å². The highest BCUT2D eigenvalue weighted by Gasteiger charge is 2.26. The molecule has 0 atom stereocenters. The van der Waals surface area contributed by atoms with E-state index in [1.54, 1.807) is 12.1 Å². The van der Waals surface area contributed by atoms with Gasteiger partial charge in [-0.15, -0.1) is 0 Å². The van der Waals surface area contributed by atoms with Gasteiger partial charge in [0.05, 0.1) is 4.90 Å². The minimum absolute atomic E-state index is 0.0478. The van der Waals surface area contributed by atoms with Gasteiger partial charge in [-0.3, -0.25) is 0 Å². The molecule has 0 fully saturated rings. The van der Waals surface area contributed by atoms with E-state index in [9.17, 15) is 8.42 Å². The average Bonchev–Trinajstić information content (AvgIpc) is 2.25. The Balaban J connectivity index is 3.07. The molecule has 0 aliphatic carbocycles. The summed E-state index contributed by atoms with van der Waals surface area (Å²) in [6, 6.07) is 7.02. The molecule has 0 amide bonds. The van der Waals surface area contributed by atoms with Gasteiger partial charge >= 0.3 is 0 Å². The Hall–Kier alpha value is -0.870. The Morgan fingerprint density at radius 3 is 2.00 bits per heavy atom. The van der Waals surface area contributed by atoms with Crippen molar-refractivity contribution in [2.75, 3.05) is 13.1 Å². The van der Waals surface area contributed by atoms with Crippen LogP contribution in [0.1, 0.15) is 33.3 Å². The van der Waals surface area contributed by atoms with Gasteiger partial charge in [0, 0.05) is 13.1 Å². The molecule has 3 nitrogen and oxygen atoms in total. The maximum atomic E-state index is 12.5. The summed E-state index contributed by atoms with van der Waals surface area (Å²) >= 11 is 0. The van der Waals surface area contributed by atoms with Gasteiger partial charge in [-0.2, -0.15) is 4.31 Å². The molecular formula is C14H23NO2S. The minimum Gasteiger partial charge on any atom is -0.207 e. The lowest BCUT2D eigenvalue weighted by Gasteiger charge is -2.28. The van der Waals surface area contributed by atoms with Crippen molar-refractivity contribution in [2.45, 2.75) is 39.5 Å². The van der Waals surface area contributed by atoms with E-state index < -0.39 is 10.0 Å². The summed E-state index contributed by atoms with van der Waals surface area (Å²) in [6.07, 6.45) is 0. The lowest BCUT2D eigenvalue weighted by atomic mass is 9.97. The number of hydrogen-bond acceptors (Lipinski definition) is 2. The summed E-state index contributed by atoms with van der Waals surface area (Å²) in [5, 5.41) is 0. The van der Waals surface area contributed by atoms with Crippen molar-refractivity contribution in [1.29, 1.82) is 0 Å². The molecule has 1 aromatic rings. The second-order valence-corrected chi connectivity index (χ2v) is 7.74. The van der Waals surface area contributed by atoms with Crippen LogP contribution in [-0.2, 0) is 10.0 Å². The lowest BCUT2D eigenvalue weighted by molar-refractivity contribution is 0.289. The Labute approximate surface area is 111 Å². The maximum Gasteiger partial charge on any atom is 0.243 e. The molecule has 0 aliphatic rings. The van der Waals surface area contributed by atoms with Crippen LogP contribution in [0.4, 0.5) is 0 Å². The van der Waals surface area contributed by atoms with Crippen molar-refractivity contribution in [3.63, 3.8) is 0 Å². The van der Waals surface area contributed by atoms with Gasteiger partial charge in [-0.1, -0.05) is 45.4 Å². The second kappa shape index (κ2) is 5.41. The predicted octanol–water partition coefficient (Wildman–Crippen LogP) is 3.05. The van der Waals surface area contributed by atoms with Crippen molar-refractivity contribution in [2.24, 2.45) is 5.41 Å². The third kappa shape index (κ3) is 3.82. The fourth-order valence-corrected chi connectivity index (χ4v) is 3.43. The molecule has 0 spiro atoms. The van der Waals surface area contributed by atoms with Crippen molar-refractivity contribution in [3.05, 3.63) is 29.8 Å². The fourth-order valence-electron chi connectivity index (χ4n) is 1.76. The van der Waals surface area contributed by atoms with Crippen molar-refractivity contribution in [1.82, 2.24) is 4.31 Å². The van der Waals surface area contributed by atoms with Crippen LogP contribution in [0.25, 0.3) is 0 Å². The van der Waals surface area contributed by atoms with Crippen molar-refractivity contribution >= 4 is 10.0 Å². The van der Waals surface area contributed by atoms with Gasteiger partial charge in [0.2, 0.25) is 10.0 Å². The van der Waals surface area contributed by atoms with Crippen LogP contribution in [0.3, 0.4) is 0 Å². The normalized spacial score (nSPS) is 13.0. The second-order valence-electron chi connectivity index (χ2n) is 5.80. The first kappa shape index (κ1) is 15.2. The highest BCUT2D eigenvalue weighted by atomic mass is 32.2. The summed E-state index contributed by atoms with van der Waals surface area (Å²) in [5.74, 6) is 0. The Bertz CT molecular complexity index is 484. The average molecular weight is 269 g/mol. The molecule has 1 aromatic carbocycles. The standard InChI is InChI=1S/C14H23NO2S/c1-6-15(11-14(3,4)5)18(16,17)13-9-7-12(2)8-10-13/h7-10H,6,11H2,1-5H3. The molecule has 0 radical (unpaired) electrons. The van der Waals surface area contributed by atoms with E-state index in [4.69, 9.17) is 0 Å². The lowest BCUT2D eigenvalue weighted by Crippen LogP contribution is -2.37. The number of hydrogen-bond donors (Lipinski definition) is 0. The van der Waals surface area contributed by atoms with E-state index in [1.807, 2.05) is 46.8 Å². The zero-order valence-corrected chi connectivity index (χ0v) is 12.7. The van der Waals surface area contributed by atoms with E-state index in [2.05, 4.69) is 0 Å². The molecule has 0 saturated carbocycles. The summed E-state index contributed by atoms with van der Waals surface area (Å²) in [7, 11) is -3.37. The SMILES string of the molecule is CCN(CC(C)(C)C)S(=O)(=O)c1ccc(C)cc1. The van der Waals surface area contributed by atoms with Gasteiger partial charge in [-0.25, -0.2) is 8.42 Å². The molecule has 0 aliphatic heterocycles. The molecule has 0 bridgehead atoms. The minimum atomic E-state index is -3.37. The van der Waals surface area contributed by atoms with Gasteiger partial charge in [-0.05, 0) is 24.5 Å². The van der Waals surface area contributed by atoms with E-state index in [-0.39, 0.29) is 5.41 Å². The van der Waals surface area contributed by atoms with E-state index >= 15 is 0 Å². The maximum absolute atomic E-state index is 12.5. The molecular weight excluding hydrogens is 246 g/mol. The van der Waals surface area contributed by atoms with Gasteiger partial charge < -0.3 is 0 Å². The molecule has 18 heavy (non-hydrogen) atoms. The topological polar surface area (TPSA) is 37.4 Å². The molecule has 0 saturated heterocycles. The Kier molecular flexibility index (Phi) is 4.56. The van der Waals surface area contributed by atoms with Crippen LogP contribution in [0.15, 0.2) is 29.2 Å². The molecule has 0 N–H and O–H groups in total. The highest BCUT2D eigenvalue weighted by molar-refractivity contribution is 7.89. The molecule has 0 aromatic heterocycles. The largest absolute Gasteiger partial charge is 0.243 e. The van der Waals surface area contributed by atoms with Gasteiger partial charge in [0.25, 0.3) is 0 Å². The van der Waals surface area contributed by atoms with Gasteiger partial charge in [0.1, 0.15) is 0 Å². The molecule has 1 rings (SSSR count). The zero-order valence-electron chi connectivity index (χ0n) is 11.9. The van der Waals surface area contributed by atoms with Gasteiger partial charge in [0.15, 0.2) is 0 Å². The molecule has 102 valence electrons. The number of benzene rings is 1. The van der Waals surface area contributed by atoms with Crippen LogP contribution in [0, 0.1) is 12.3 Å². The zero-order chi connectivity index (χ0) is 14.0. The summed E-state index contributed by atoms with van der Waals surface area (Å²) in [6.45, 7) is 11.0. The molecule has 4 heteroatoms. The van der Waals surface area contributed by atoms with E-state index in [1.165, 1.54) is 4.31 Å². The van der Waals surface area contributed by atoms with Crippen LogP contribution >= 0.6 is 0 Å². The van der Waals surface area contributed by atoms with Crippen LogP contribution in [-0.4, -0.2) is 25.8 Å². The van der Waals surface area contributed by atoms with Crippen LogP contribution in [0.2, 0.25) is 0 Å². The monoisotopic (exact) mass is 269 g/mol. The third-order valence-corrected chi connectivity index (χ3v) is 4.60.